The highest BCUT2D eigenvalue weighted by molar-refractivity contribution is 5.93. The second-order valence-electron chi connectivity index (χ2n) is 6.43. The summed E-state index contributed by atoms with van der Waals surface area (Å²) in [5, 5.41) is 4.90. The first-order chi connectivity index (χ1) is 13.7. The summed E-state index contributed by atoms with van der Waals surface area (Å²) in [4.78, 5) is 18.8. The second kappa shape index (κ2) is 7.52. The highest BCUT2D eigenvalue weighted by atomic mass is 16.5. The van der Waals surface area contributed by atoms with Gasteiger partial charge in [-0.3, -0.25) is 9.78 Å². The molecule has 0 aliphatic carbocycles. The third-order valence-corrected chi connectivity index (χ3v) is 4.58. The molecule has 0 spiro atoms. The molecule has 140 valence electrons. The van der Waals surface area contributed by atoms with Crippen molar-refractivity contribution in [3.63, 3.8) is 0 Å². The summed E-state index contributed by atoms with van der Waals surface area (Å²) in [7, 11) is 3.36. The topological polar surface area (TPSA) is 68.5 Å². The molecule has 4 aromatic rings. The van der Waals surface area contributed by atoms with Crippen LogP contribution in [0.1, 0.15) is 16.1 Å². The molecule has 6 nitrogen and oxygen atoms in total. The molecule has 2 aromatic carbocycles. The first-order valence-corrected chi connectivity index (χ1v) is 8.85. The number of carbonyl (C=O) groups excluding carboxylic acids is 1. The standard InChI is InChI=1S/C22H19N3O3/c1-25(14-16-10-11-19(27-2)21-17(16)9-6-12-23-21)22(26)18-13-20(28-24-18)15-7-4-3-5-8-15/h3-13H,14H2,1-2H3. The van der Waals surface area contributed by atoms with Crippen molar-refractivity contribution in [1.29, 1.82) is 0 Å². The predicted octanol–water partition coefficient (Wildman–Crippen LogP) is 4.17. The minimum Gasteiger partial charge on any atom is -0.494 e. The van der Waals surface area contributed by atoms with Gasteiger partial charge in [0, 0.05) is 36.8 Å². The van der Waals surface area contributed by atoms with Gasteiger partial charge in [0.25, 0.3) is 5.91 Å². The van der Waals surface area contributed by atoms with Crippen molar-refractivity contribution in [1.82, 2.24) is 15.0 Å². The van der Waals surface area contributed by atoms with E-state index >= 15 is 0 Å². The molecule has 28 heavy (non-hydrogen) atoms. The number of nitrogens with zero attached hydrogens (tertiary/aromatic N) is 3. The Morgan fingerprint density at radius 3 is 2.71 bits per heavy atom. The number of fused-ring (bicyclic) bond motifs is 1. The van der Waals surface area contributed by atoms with Crippen LogP contribution in [0, 0.1) is 0 Å². The van der Waals surface area contributed by atoms with E-state index in [2.05, 4.69) is 10.1 Å². The van der Waals surface area contributed by atoms with Crippen LogP contribution in [-0.2, 0) is 6.54 Å². The second-order valence-corrected chi connectivity index (χ2v) is 6.43. The van der Waals surface area contributed by atoms with Crippen LogP contribution in [0.4, 0.5) is 0 Å². The lowest BCUT2D eigenvalue weighted by Crippen LogP contribution is -2.26. The smallest absolute Gasteiger partial charge is 0.276 e. The minimum absolute atomic E-state index is 0.209. The highest BCUT2D eigenvalue weighted by Crippen LogP contribution is 2.27. The fourth-order valence-electron chi connectivity index (χ4n) is 3.15. The number of ether oxygens (including phenoxy) is 1. The average molecular weight is 373 g/mol. The van der Waals surface area contributed by atoms with E-state index < -0.39 is 0 Å². The molecule has 6 heteroatoms. The summed E-state index contributed by atoms with van der Waals surface area (Å²) in [6, 6.07) is 18.9. The lowest BCUT2D eigenvalue weighted by atomic mass is 10.1. The SMILES string of the molecule is COc1ccc(CN(C)C(=O)c2cc(-c3ccccc3)on2)c2cccnc12. The first kappa shape index (κ1) is 17.7. The number of aromatic nitrogens is 2. The summed E-state index contributed by atoms with van der Waals surface area (Å²) in [6.07, 6.45) is 1.73. The zero-order chi connectivity index (χ0) is 19.5. The summed E-state index contributed by atoms with van der Waals surface area (Å²) in [5.41, 5.74) is 2.91. The van der Waals surface area contributed by atoms with Crippen LogP contribution in [0.25, 0.3) is 22.2 Å². The van der Waals surface area contributed by atoms with Gasteiger partial charge in [-0.25, -0.2) is 0 Å². The van der Waals surface area contributed by atoms with E-state index in [4.69, 9.17) is 9.26 Å². The maximum absolute atomic E-state index is 12.8. The van der Waals surface area contributed by atoms with Crippen LogP contribution in [-0.4, -0.2) is 35.1 Å². The number of carbonyl (C=O) groups is 1. The molecule has 0 bridgehead atoms. The molecule has 0 unspecified atom stereocenters. The van der Waals surface area contributed by atoms with Gasteiger partial charge < -0.3 is 14.2 Å². The Kier molecular flexibility index (Phi) is 4.76. The van der Waals surface area contributed by atoms with E-state index in [0.717, 1.165) is 22.0 Å². The van der Waals surface area contributed by atoms with E-state index in [1.807, 2.05) is 54.6 Å². The Bertz CT molecular complexity index is 1120. The molecule has 0 aliphatic heterocycles. The quantitative estimate of drug-likeness (QED) is 0.525. The molecule has 0 saturated heterocycles. The highest BCUT2D eigenvalue weighted by Gasteiger charge is 2.19. The minimum atomic E-state index is -0.209. The van der Waals surface area contributed by atoms with Gasteiger partial charge in [0.2, 0.25) is 0 Å². The van der Waals surface area contributed by atoms with Crippen LogP contribution in [0.3, 0.4) is 0 Å². The Hall–Kier alpha value is -3.67. The normalized spacial score (nSPS) is 10.8. The lowest BCUT2D eigenvalue weighted by molar-refractivity contribution is 0.0775. The van der Waals surface area contributed by atoms with E-state index in [0.29, 0.717) is 18.1 Å². The third kappa shape index (κ3) is 3.32. The van der Waals surface area contributed by atoms with Gasteiger partial charge in [-0.2, -0.15) is 0 Å². The Morgan fingerprint density at radius 1 is 1.11 bits per heavy atom. The van der Waals surface area contributed by atoms with Crippen LogP contribution in [0.2, 0.25) is 0 Å². The zero-order valence-corrected chi connectivity index (χ0v) is 15.6. The van der Waals surface area contributed by atoms with Crippen LogP contribution in [0.5, 0.6) is 5.75 Å². The summed E-state index contributed by atoms with van der Waals surface area (Å²) >= 11 is 0. The molecule has 0 aliphatic rings. The maximum Gasteiger partial charge on any atom is 0.276 e. The Labute approximate surface area is 162 Å². The fourth-order valence-corrected chi connectivity index (χ4v) is 3.15. The molecular formula is C22H19N3O3. The van der Waals surface area contributed by atoms with E-state index in [1.165, 1.54) is 0 Å². The van der Waals surface area contributed by atoms with Gasteiger partial charge in [-0.1, -0.05) is 47.6 Å². The summed E-state index contributed by atoms with van der Waals surface area (Å²) in [6.45, 7) is 0.415. The Balaban J connectivity index is 1.58. The van der Waals surface area contributed by atoms with Crippen LogP contribution >= 0.6 is 0 Å². The Morgan fingerprint density at radius 2 is 1.93 bits per heavy atom. The van der Waals surface area contributed by atoms with Crippen molar-refractivity contribution in [2.75, 3.05) is 14.2 Å². The number of rotatable bonds is 5. The van der Waals surface area contributed by atoms with Crippen LogP contribution in [0.15, 0.2) is 71.4 Å². The number of benzene rings is 2. The van der Waals surface area contributed by atoms with E-state index in [9.17, 15) is 4.79 Å². The van der Waals surface area contributed by atoms with Crippen molar-refractivity contribution < 1.29 is 14.1 Å². The fraction of sp³-hybridized carbons (Fsp3) is 0.136. The molecule has 0 atom stereocenters. The van der Waals surface area contributed by atoms with Crippen molar-refractivity contribution in [2.24, 2.45) is 0 Å². The predicted molar refractivity (Wildman–Crippen MR) is 106 cm³/mol. The van der Waals surface area contributed by atoms with Gasteiger partial charge in [0.15, 0.2) is 11.5 Å². The maximum atomic E-state index is 12.8. The summed E-state index contributed by atoms with van der Waals surface area (Å²) < 4.78 is 10.7. The molecule has 0 saturated carbocycles. The molecular weight excluding hydrogens is 354 g/mol. The number of methoxy groups -OCH3 is 1. The monoisotopic (exact) mass is 373 g/mol. The molecule has 2 heterocycles. The molecule has 0 N–H and O–H groups in total. The van der Waals surface area contributed by atoms with E-state index in [-0.39, 0.29) is 11.6 Å². The number of hydrogen-bond acceptors (Lipinski definition) is 5. The van der Waals surface area contributed by atoms with Gasteiger partial charge in [0.1, 0.15) is 11.3 Å². The third-order valence-electron chi connectivity index (χ3n) is 4.58. The number of hydrogen-bond donors (Lipinski definition) is 0. The van der Waals surface area contributed by atoms with Gasteiger partial charge in [-0.05, 0) is 17.7 Å². The molecule has 0 fully saturated rings. The molecule has 2 aromatic heterocycles. The zero-order valence-electron chi connectivity index (χ0n) is 15.6. The van der Waals surface area contributed by atoms with Crippen molar-refractivity contribution in [2.45, 2.75) is 6.54 Å². The molecule has 0 radical (unpaired) electrons. The number of amides is 1. The number of pyridine rings is 1. The first-order valence-electron chi connectivity index (χ1n) is 8.85. The van der Waals surface area contributed by atoms with Crippen molar-refractivity contribution in [3.8, 4) is 17.1 Å². The van der Waals surface area contributed by atoms with Crippen molar-refractivity contribution >= 4 is 16.8 Å². The van der Waals surface area contributed by atoms with Gasteiger partial charge in [-0.15, -0.1) is 0 Å². The van der Waals surface area contributed by atoms with Gasteiger partial charge >= 0.3 is 0 Å². The molecule has 4 rings (SSSR count). The van der Waals surface area contributed by atoms with Crippen LogP contribution < -0.4 is 4.74 Å². The average Bonchev–Trinajstić information content (AvgIpc) is 3.24. The summed E-state index contributed by atoms with van der Waals surface area (Å²) in [5.74, 6) is 1.06. The molecule has 1 amide bonds. The largest absolute Gasteiger partial charge is 0.494 e. The van der Waals surface area contributed by atoms with E-state index in [1.54, 1.807) is 31.3 Å². The van der Waals surface area contributed by atoms with Crippen molar-refractivity contribution in [3.05, 3.63) is 78.1 Å². The van der Waals surface area contributed by atoms with Gasteiger partial charge in [0.05, 0.1) is 7.11 Å². The lowest BCUT2D eigenvalue weighted by Gasteiger charge is -2.17.